The maximum absolute atomic E-state index is 12.7. The summed E-state index contributed by atoms with van der Waals surface area (Å²) in [5.41, 5.74) is 0.390. The maximum atomic E-state index is 12.7. The Labute approximate surface area is 143 Å². The quantitative estimate of drug-likeness (QED) is 0.879. The standard InChI is InChI=1S/C17H24N2O4S/c1-12-4-3-9-19(11-12)17(20)13-5-8-15(23-2)16(10-13)24(21,22)18-14-6-7-14/h5,8,10,12,14,18H,3-4,6-7,9,11H2,1-2H3. The number of hydrogen-bond acceptors (Lipinski definition) is 4. The summed E-state index contributed by atoms with van der Waals surface area (Å²) in [6.07, 6.45) is 3.81. The fourth-order valence-corrected chi connectivity index (χ4v) is 4.56. The van der Waals surface area contributed by atoms with Crippen molar-refractivity contribution in [2.45, 2.75) is 43.5 Å². The average molecular weight is 352 g/mol. The second-order valence-corrected chi connectivity index (χ2v) is 8.44. The summed E-state index contributed by atoms with van der Waals surface area (Å²) >= 11 is 0. The van der Waals surface area contributed by atoms with Gasteiger partial charge in [-0.3, -0.25) is 4.79 Å². The Kier molecular flexibility index (Phi) is 4.83. The summed E-state index contributed by atoms with van der Waals surface area (Å²) < 4.78 is 32.9. The van der Waals surface area contributed by atoms with Gasteiger partial charge in [-0.05, 0) is 49.8 Å². The van der Waals surface area contributed by atoms with E-state index in [9.17, 15) is 13.2 Å². The van der Waals surface area contributed by atoms with Gasteiger partial charge in [0.2, 0.25) is 10.0 Å². The van der Waals surface area contributed by atoms with Crippen LogP contribution in [0.3, 0.4) is 0 Å². The molecule has 2 fully saturated rings. The molecule has 1 heterocycles. The van der Waals surface area contributed by atoms with Crippen molar-refractivity contribution in [3.8, 4) is 5.75 Å². The molecule has 0 aromatic heterocycles. The molecule has 0 bridgehead atoms. The van der Waals surface area contributed by atoms with Crippen LogP contribution in [0.4, 0.5) is 0 Å². The molecular formula is C17H24N2O4S. The molecule has 0 radical (unpaired) electrons. The van der Waals surface area contributed by atoms with Crippen LogP contribution in [0.25, 0.3) is 0 Å². The third-order valence-corrected chi connectivity index (χ3v) is 6.09. The highest BCUT2D eigenvalue weighted by atomic mass is 32.2. The predicted molar refractivity (Wildman–Crippen MR) is 90.6 cm³/mol. The molecule has 1 saturated heterocycles. The zero-order chi connectivity index (χ0) is 17.3. The van der Waals surface area contributed by atoms with Crippen LogP contribution in [0.1, 0.15) is 43.0 Å². The molecule has 1 atom stereocenters. The van der Waals surface area contributed by atoms with Crippen LogP contribution in [-0.4, -0.2) is 45.5 Å². The number of nitrogens with zero attached hydrogens (tertiary/aromatic N) is 1. The van der Waals surface area contributed by atoms with Crippen LogP contribution in [0, 0.1) is 5.92 Å². The van der Waals surface area contributed by atoms with Crippen molar-refractivity contribution in [1.29, 1.82) is 0 Å². The van der Waals surface area contributed by atoms with Gasteiger partial charge < -0.3 is 9.64 Å². The molecule has 6 nitrogen and oxygen atoms in total. The number of likely N-dealkylation sites (tertiary alicyclic amines) is 1. The zero-order valence-corrected chi connectivity index (χ0v) is 14.9. The van der Waals surface area contributed by atoms with Crippen LogP contribution in [-0.2, 0) is 10.0 Å². The van der Waals surface area contributed by atoms with Crippen molar-refractivity contribution < 1.29 is 17.9 Å². The van der Waals surface area contributed by atoms with E-state index in [2.05, 4.69) is 11.6 Å². The van der Waals surface area contributed by atoms with E-state index in [1.807, 2.05) is 0 Å². The van der Waals surface area contributed by atoms with E-state index >= 15 is 0 Å². The first-order valence-electron chi connectivity index (χ1n) is 8.40. The Balaban J connectivity index is 1.89. The molecule has 1 unspecified atom stereocenters. The molecular weight excluding hydrogens is 328 g/mol. The highest BCUT2D eigenvalue weighted by Crippen LogP contribution is 2.29. The van der Waals surface area contributed by atoms with Gasteiger partial charge in [-0.1, -0.05) is 6.92 Å². The van der Waals surface area contributed by atoms with Crippen molar-refractivity contribution in [3.63, 3.8) is 0 Å². The fraction of sp³-hybridized carbons (Fsp3) is 0.588. The van der Waals surface area contributed by atoms with Gasteiger partial charge in [0, 0.05) is 24.7 Å². The number of carbonyl (C=O) groups is 1. The number of nitrogens with one attached hydrogen (secondary N) is 1. The van der Waals surface area contributed by atoms with Crippen molar-refractivity contribution >= 4 is 15.9 Å². The van der Waals surface area contributed by atoms with Gasteiger partial charge in [0.15, 0.2) is 0 Å². The minimum absolute atomic E-state index is 0.00186. The average Bonchev–Trinajstić information content (AvgIpc) is 3.37. The first-order chi connectivity index (χ1) is 11.4. The Morgan fingerprint density at radius 3 is 2.67 bits per heavy atom. The van der Waals surface area contributed by atoms with E-state index in [1.54, 1.807) is 17.0 Å². The van der Waals surface area contributed by atoms with Crippen molar-refractivity contribution in [2.24, 2.45) is 5.92 Å². The summed E-state index contributed by atoms with van der Waals surface area (Å²) in [5, 5.41) is 0. The van der Waals surface area contributed by atoms with Crippen molar-refractivity contribution in [1.82, 2.24) is 9.62 Å². The SMILES string of the molecule is COc1ccc(C(=O)N2CCCC(C)C2)cc1S(=O)(=O)NC1CC1. The first kappa shape index (κ1) is 17.2. The third-order valence-electron chi connectivity index (χ3n) is 4.54. The van der Waals surface area contributed by atoms with E-state index in [1.165, 1.54) is 13.2 Å². The lowest BCUT2D eigenvalue weighted by atomic mass is 9.99. The lowest BCUT2D eigenvalue weighted by Gasteiger charge is -2.31. The minimum atomic E-state index is -3.68. The van der Waals surface area contributed by atoms with Gasteiger partial charge >= 0.3 is 0 Å². The topological polar surface area (TPSA) is 75.7 Å². The van der Waals surface area contributed by atoms with Gasteiger partial charge in [0.25, 0.3) is 5.91 Å². The molecule has 7 heteroatoms. The molecule has 1 amide bonds. The molecule has 1 aliphatic heterocycles. The van der Waals surface area contributed by atoms with Crippen LogP contribution in [0.5, 0.6) is 5.75 Å². The molecule has 132 valence electrons. The summed E-state index contributed by atoms with van der Waals surface area (Å²) in [6.45, 7) is 3.56. The van der Waals surface area contributed by atoms with Crippen LogP contribution in [0.2, 0.25) is 0 Å². The van der Waals surface area contributed by atoms with E-state index in [0.29, 0.717) is 18.0 Å². The Bertz CT molecular complexity index is 728. The number of amides is 1. The smallest absolute Gasteiger partial charge is 0.253 e. The van der Waals surface area contributed by atoms with E-state index < -0.39 is 10.0 Å². The second kappa shape index (κ2) is 6.72. The summed E-state index contributed by atoms with van der Waals surface area (Å²) in [5.74, 6) is 0.611. The van der Waals surface area contributed by atoms with Gasteiger partial charge in [-0.15, -0.1) is 0 Å². The molecule has 24 heavy (non-hydrogen) atoms. The van der Waals surface area contributed by atoms with Crippen LogP contribution in [0.15, 0.2) is 23.1 Å². The number of hydrogen-bond donors (Lipinski definition) is 1. The van der Waals surface area contributed by atoms with Gasteiger partial charge in [0.1, 0.15) is 10.6 Å². The molecule has 1 aliphatic carbocycles. The molecule has 0 spiro atoms. The van der Waals surface area contributed by atoms with Crippen molar-refractivity contribution in [3.05, 3.63) is 23.8 Å². The molecule has 3 rings (SSSR count). The number of methoxy groups -OCH3 is 1. The zero-order valence-electron chi connectivity index (χ0n) is 14.1. The normalized spacial score (nSPS) is 21.6. The van der Waals surface area contributed by atoms with Crippen LogP contribution < -0.4 is 9.46 Å². The van der Waals surface area contributed by atoms with E-state index in [-0.39, 0.29) is 22.6 Å². The summed E-state index contributed by atoms with van der Waals surface area (Å²) in [7, 11) is -2.25. The molecule has 1 N–H and O–H groups in total. The first-order valence-corrected chi connectivity index (χ1v) is 9.88. The summed E-state index contributed by atoms with van der Waals surface area (Å²) in [6, 6.07) is 4.63. The van der Waals surface area contributed by atoms with Gasteiger partial charge in [-0.2, -0.15) is 0 Å². The highest BCUT2D eigenvalue weighted by molar-refractivity contribution is 7.89. The van der Waals surface area contributed by atoms with E-state index in [4.69, 9.17) is 4.74 Å². The third kappa shape index (κ3) is 3.72. The Morgan fingerprint density at radius 1 is 1.29 bits per heavy atom. The number of sulfonamides is 1. The maximum Gasteiger partial charge on any atom is 0.253 e. The number of benzene rings is 1. The fourth-order valence-electron chi connectivity index (χ4n) is 3.06. The Morgan fingerprint density at radius 2 is 2.04 bits per heavy atom. The van der Waals surface area contributed by atoms with Crippen molar-refractivity contribution in [2.75, 3.05) is 20.2 Å². The Hall–Kier alpha value is -1.60. The second-order valence-electron chi connectivity index (χ2n) is 6.76. The number of rotatable bonds is 5. The van der Waals surface area contributed by atoms with Gasteiger partial charge in [-0.25, -0.2) is 13.1 Å². The lowest BCUT2D eigenvalue weighted by molar-refractivity contribution is 0.0682. The number of piperidine rings is 1. The number of ether oxygens (including phenoxy) is 1. The largest absolute Gasteiger partial charge is 0.495 e. The van der Waals surface area contributed by atoms with Gasteiger partial charge in [0.05, 0.1) is 7.11 Å². The van der Waals surface area contributed by atoms with E-state index in [0.717, 1.165) is 32.2 Å². The van der Waals surface area contributed by atoms with Crippen LogP contribution >= 0.6 is 0 Å². The predicted octanol–water partition coefficient (Wildman–Crippen LogP) is 2.01. The lowest BCUT2D eigenvalue weighted by Crippen LogP contribution is -2.39. The molecule has 2 aliphatic rings. The molecule has 1 aromatic rings. The minimum Gasteiger partial charge on any atom is -0.495 e. The molecule has 1 aromatic carbocycles. The summed E-state index contributed by atoms with van der Waals surface area (Å²) in [4.78, 5) is 14.6. The monoisotopic (exact) mass is 352 g/mol. The molecule has 1 saturated carbocycles. The highest BCUT2D eigenvalue weighted by Gasteiger charge is 2.31. The number of carbonyl (C=O) groups excluding carboxylic acids is 1.